The van der Waals surface area contributed by atoms with Crippen LogP contribution in [0.1, 0.15) is 0 Å². The lowest BCUT2D eigenvalue weighted by molar-refractivity contribution is 0.672. The molecule has 11 aromatic carbocycles. The van der Waals surface area contributed by atoms with E-state index in [1.807, 2.05) is 6.07 Å². The van der Waals surface area contributed by atoms with Gasteiger partial charge < -0.3 is 13.9 Å². The van der Waals surface area contributed by atoms with Gasteiger partial charge in [-0.1, -0.05) is 164 Å². The second kappa shape index (κ2) is 14.1. The molecular weight excluding hydrogens is 765 g/mol. The molecule has 0 atom stereocenters. The summed E-state index contributed by atoms with van der Waals surface area (Å²) < 4.78 is 8.97. The van der Waals surface area contributed by atoms with E-state index in [4.69, 9.17) is 4.42 Å². The van der Waals surface area contributed by atoms with Crippen LogP contribution in [0.3, 0.4) is 0 Å². The summed E-state index contributed by atoms with van der Waals surface area (Å²) in [6.07, 6.45) is 0. The number of rotatable bonds is 6. The molecule has 0 aliphatic heterocycles. The quantitative estimate of drug-likeness (QED) is 0.156. The standard InChI is InChI=1S/C60H38N2O/c1-2-13-39(14-3-1)46-15-4-5-16-47(46)40-27-29-43(30-28-40)61(56-23-12-20-54-52(56)35-36-55-53-19-8-11-24-59(53)63-60(54)55)44-31-33-48-41(37-44)25-26-42-38-45(32-34-49(42)48)62-57-21-9-6-17-50(57)51-18-7-10-22-58(51)62/h1-38H. The van der Waals surface area contributed by atoms with E-state index < -0.39 is 0 Å². The number of aromatic nitrogens is 1. The summed E-state index contributed by atoms with van der Waals surface area (Å²) in [7, 11) is 0. The van der Waals surface area contributed by atoms with Gasteiger partial charge in [-0.15, -0.1) is 0 Å². The monoisotopic (exact) mass is 802 g/mol. The van der Waals surface area contributed by atoms with Crippen LogP contribution in [0, 0.1) is 0 Å². The molecule has 0 spiro atoms. The van der Waals surface area contributed by atoms with Crippen LogP contribution in [0.5, 0.6) is 0 Å². The van der Waals surface area contributed by atoms with Crippen molar-refractivity contribution < 1.29 is 4.42 Å². The van der Waals surface area contributed by atoms with Gasteiger partial charge in [0, 0.05) is 49.4 Å². The second-order valence-electron chi connectivity index (χ2n) is 16.5. The number of nitrogens with zero attached hydrogens (tertiary/aromatic N) is 2. The SMILES string of the molecule is c1ccc(-c2ccccc2-c2ccc(N(c3ccc4c(ccc5cc(-n6c7ccccc7c7ccccc76)ccc54)c3)c3cccc4c3ccc3c5ccccc5oc43)cc2)cc1. The van der Waals surface area contributed by atoms with Crippen molar-refractivity contribution in [2.75, 3.05) is 4.90 Å². The van der Waals surface area contributed by atoms with Gasteiger partial charge in [-0.25, -0.2) is 0 Å². The maximum atomic E-state index is 6.58. The third-order valence-electron chi connectivity index (χ3n) is 13.0. The minimum absolute atomic E-state index is 0.901. The van der Waals surface area contributed by atoms with Gasteiger partial charge in [0.05, 0.1) is 16.7 Å². The van der Waals surface area contributed by atoms with Crippen LogP contribution in [0.25, 0.3) is 104 Å². The van der Waals surface area contributed by atoms with E-state index in [1.54, 1.807) is 0 Å². The molecule has 294 valence electrons. The highest BCUT2D eigenvalue weighted by atomic mass is 16.3. The van der Waals surface area contributed by atoms with Crippen LogP contribution >= 0.6 is 0 Å². The lowest BCUT2D eigenvalue weighted by atomic mass is 9.94. The third-order valence-corrected chi connectivity index (χ3v) is 13.0. The molecule has 3 nitrogen and oxygen atoms in total. The van der Waals surface area contributed by atoms with Crippen molar-refractivity contribution in [3.63, 3.8) is 0 Å². The van der Waals surface area contributed by atoms with Crippen LogP contribution in [0.4, 0.5) is 17.1 Å². The van der Waals surface area contributed by atoms with Gasteiger partial charge in [0.15, 0.2) is 0 Å². The van der Waals surface area contributed by atoms with Gasteiger partial charge in [0.2, 0.25) is 0 Å². The van der Waals surface area contributed by atoms with Gasteiger partial charge in [0.25, 0.3) is 0 Å². The molecule has 2 aromatic heterocycles. The Morgan fingerprint density at radius 1 is 0.333 bits per heavy atom. The van der Waals surface area contributed by atoms with E-state index in [2.05, 4.69) is 234 Å². The Morgan fingerprint density at radius 2 is 0.873 bits per heavy atom. The Kier molecular flexibility index (Phi) is 7.91. The van der Waals surface area contributed by atoms with Crippen LogP contribution in [-0.4, -0.2) is 4.57 Å². The highest BCUT2D eigenvalue weighted by molar-refractivity contribution is 6.18. The summed E-state index contributed by atoms with van der Waals surface area (Å²) in [5.74, 6) is 0. The molecule has 0 N–H and O–H groups in total. The molecule has 13 aromatic rings. The van der Waals surface area contributed by atoms with Crippen molar-refractivity contribution >= 4 is 93.1 Å². The van der Waals surface area contributed by atoms with Crippen molar-refractivity contribution in [2.24, 2.45) is 0 Å². The summed E-state index contributed by atoms with van der Waals surface area (Å²) in [4.78, 5) is 2.40. The zero-order valence-corrected chi connectivity index (χ0v) is 34.2. The molecule has 0 aliphatic carbocycles. The van der Waals surface area contributed by atoms with Crippen LogP contribution < -0.4 is 4.90 Å². The normalized spacial score (nSPS) is 11.8. The minimum Gasteiger partial charge on any atom is -0.455 e. The number of benzene rings is 11. The molecule has 0 bridgehead atoms. The van der Waals surface area contributed by atoms with Crippen LogP contribution in [0.15, 0.2) is 235 Å². The van der Waals surface area contributed by atoms with E-state index >= 15 is 0 Å². The lowest BCUT2D eigenvalue weighted by Crippen LogP contribution is -2.10. The van der Waals surface area contributed by atoms with E-state index in [1.165, 1.54) is 65.6 Å². The zero-order chi connectivity index (χ0) is 41.4. The van der Waals surface area contributed by atoms with Gasteiger partial charge >= 0.3 is 0 Å². The van der Waals surface area contributed by atoms with Gasteiger partial charge in [-0.2, -0.15) is 0 Å². The molecule has 3 heteroatoms. The maximum Gasteiger partial charge on any atom is 0.143 e. The minimum atomic E-state index is 0.901. The average Bonchev–Trinajstić information content (AvgIpc) is 3.91. The summed E-state index contributed by atoms with van der Waals surface area (Å²) in [6, 6.07) is 83.5. The fourth-order valence-corrected chi connectivity index (χ4v) is 10.1. The number of para-hydroxylation sites is 3. The van der Waals surface area contributed by atoms with Crippen molar-refractivity contribution in [1.82, 2.24) is 4.57 Å². The Hall–Kier alpha value is -8.40. The number of fused-ring (bicyclic) bond motifs is 11. The van der Waals surface area contributed by atoms with E-state index in [0.29, 0.717) is 0 Å². The zero-order valence-electron chi connectivity index (χ0n) is 34.2. The number of furan rings is 1. The Labute approximate surface area is 363 Å². The Morgan fingerprint density at radius 3 is 1.62 bits per heavy atom. The van der Waals surface area contributed by atoms with Crippen LogP contribution in [-0.2, 0) is 0 Å². The predicted octanol–water partition coefficient (Wildman–Crippen LogP) is 16.9. The third kappa shape index (κ3) is 5.60. The first-order chi connectivity index (χ1) is 31.2. The Bertz CT molecular complexity index is 3860. The first kappa shape index (κ1) is 35.4. The molecule has 0 amide bonds. The molecule has 0 unspecified atom stereocenters. The van der Waals surface area contributed by atoms with Crippen LogP contribution in [0.2, 0.25) is 0 Å². The summed E-state index contributed by atoms with van der Waals surface area (Å²) in [6.45, 7) is 0. The van der Waals surface area contributed by atoms with Crippen molar-refractivity contribution in [2.45, 2.75) is 0 Å². The molecular formula is C60H38N2O. The van der Waals surface area contributed by atoms with Gasteiger partial charge in [0.1, 0.15) is 11.2 Å². The first-order valence-corrected chi connectivity index (χ1v) is 21.6. The number of anilines is 3. The van der Waals surface area contributed by atoms with Crippen molar-refractivity contribution in [1.29, 1.82) is 0 Å². The molecule has 0 fully saturated rings. The topological polar surface area (TPSA) is 21.3 Å². The maximum absolute atomic E-state index is 6.58. The summed E-state index contributed by atoms with van der Waals surface area (Å²) in [5, 5.41) is 11.9. The highest BCUT2D eigenvalue weighted by Gasteiger charge is 2.20. The van der Waals surface area contributed by atoms with E-state index in [-0.39, 0.29) is 0 Å². The number of hydrogen-bond acceptors (Lipinski definition) is 2. The molecule has 0 radical (unpaired) electrons. The molecule has 63 heavy (non-hydrogen) atoms. The largest absolute Gasteiger partial charge is 0.455 e. The Balaban J connectivity index is 0.966. The van der Waals surface area contributed by atoms with Gasteiger partial charge in [-0.05, 0) is 111 Å². The second-order valence-corrected chi connectivity index (χ2v) is 16.5. The molecule has 2 heterocycles. The fraction of sp³-hybridized carbons (Fsp3) is 0. The molecule has 0 saturated heterocycles. The average molecular weight is 803 g/mol. The van der Waals surface area contributed by atoms with E-state index in [0.717, 1.165) is 55.5 Å². The van der Waals surface area contributed by atoms with Crippen molar-refractivity contribution in [3.8, 4) is 27.9 Å². The smallest absolute Gasteiger partial charge is 0.143 e. The molecule has 0 aliphatic rings. The number of hydrogen-bond donors (Lipinski definition) is 0. The van der Waals surface area contributed by atoms with Crippen molar-refractivity contribution in [3.05, 3.63) is 231 Å². The highest BCUT2D eigenvalue weighted by Crippen LogP contribution is 2.45. The molecule has 13 rings (SSSR count). The van der Waals surface area contributed by atoms with Gasteiger partial charge in [-0.3, -0.25) is 0 Å². The summed E-state index contributed by atoms with van der Waals surface area (Å²) >= 11 is 0. The molecule has 0 saturated carbocycles. The lowest BCUT2D eigenvalue weighted by Gasteiger charge is -2.27. The predicted molar refractivity (Wildman–Crippen MR) is 266 cm³/mol. The summed E-state index contributed by atoms with van der Waals surface area (Å²) in [5.41, 5.74) is 13.4. The fourth-order valence-electron chi connectivity index (χ4n) is 10.1. The van der Waals surface area contributed by atoms with E-state index in [9.17, 15) is 0 Å². The first-order valence-electron chi connectivity index (χ1n) is 21.6.